The molecule has 0 bridgehead atoms. The van der Waals surface area contributed by atoms with Crippen molar-refractivity contribution in [2.45, 2.75) is 6.54 Å². The lowest BCUT2D eigenvalue weighted by atomic mass is 10.1. The van der Waals surface area contributed by atoms with Crippen LogP contribution in [-0.4, -0.2) is 36.3 Å². The summed E-state index contributed by atoms with van der Waals surface area (Å²) in [6.45, 7) is 1.41. The van der Waals surface area contributed by atoms with Gasteiger partial charge >= 0.3 is 0 Å². The molecule has 3 N–H and O–H groups in total. The van der Waals surface area contributed by atoms with Crippen molar-refractivity contribution in [1.82, 2.24) is 10.2 Å². The molecule has 1 fully saturated rings. The molecule has 1 saturated heterocycles. The Morgan fingerprint density at radius 2 is 1.79 bits per heavy atom. The van der Waals surface area contributed by atoms with E-state index in [1.54, 1.807) is 0 Å². The Balaban J connectivity index is 1.99. The van der Waals surface area contributed by atoms with Crippen LogP contribution in [0.2, 0.25) is 0 Å². The standard InChI is InChI=1S/C14H15N3O2/c15-7-1-2-11-3-5-12(6-4-11)8-17-9-13(18)16-14(19)10-17/h3-6H,7-10,15H2,(H,16,18,19). The summed E-state index contributed by atoms with van der Waals surface area (Å²) in [6.07, 6.45) is 0. The number of piperazine rings is 1. The van der Waals surface area contributed by atoms with Gasteiger partial charge < -0.3 is 5.73 Å². The van der Waals surface area contributed by atoms with E-state index in [4.69, 9.17) is 5.73 Å². The van der Waals surface area contributed by atoms with Crippen LogP contribution in [0.4, 0.5) is 0 Å². The molecular weight excluding hydrogens is 242 g/mol. The number of benzene rings is 1. The summed E-state index contributed by atoms with van der Waals surface area (Å²) in [7, 11) is 0. The highest BCUT2D eigenvalue weighted by molar-refractivity contribution is 5.99. The number of carbonyl (C=O) groups is 2. The number of hydrogen-bond donors (Lipinski definition) is 2. The van der Waals surface area contributed by atoms with Crippen LogP contribution in [-0.2, 0) is 16.1 Å². The van der Waals surface area contributed by atoms with Gasteiger partial charge in [0, 0.05) is 12.1 Å². The fourth-order valence-corrected chi connectivity index (χ4v) is 1.91. The molecule has 0 spiro atoms. The van der Waals surface area contributed by atoms with E-state index in [1.165, 1.54) is 0 Å². The molecule has 1 aliphatic rings. The summed E-state index contributed by atoms with van der Waals surface area (Å²) >= 11 is 0. The van der Waals surface area contributed by atoms with Crippen molar-refractivity contribution in [3.05, 3.63) is 35.4 Å². The third-order valence-electron chi connectivity index (χ3n) is 2.71. The molecule has 1 aliphatic heterocycles. The number of rotatable bonds is 2. The average molecular weight is 257 g/mol. The maximum atomic E-state index is 11.2. The van der Waals surface area contributed by atoms with E-state index >= 15 is 0 Å². The summed E-state index contributed by atoms with van der Waals surface area (Å²) in [5.74, 6) is 5.23. The minimum absolute atomic E-state index is 0.248. The predicted molar refractivity (Wildman–Crippen MR) is 70.8 cm³/mol. The summed E-state index contributed by atoms with van der Waals surface area (Å²) in [4.78, 5) is 24.3. The second kappa shape index (κ2) is 6.14. The van der Waals surface area contributed by atoms with Crippen LogP contribution >= 0.6 is 0 Å². The van der Waals surface area contributed by atoms with Gasteiger partial charge in [0.05, 0.1) is 19.6 Å². The SMILES string of the molecule is NCC#Cc1ccc(CN2CC(=O)NC(=O)C2)cc1. The van der Waals surface area contributed by atoms with Gasteiger partial charge in [-0.3, -0.25) is 19.8 Å². The highest BCUT2D eigenvalue weighted by Crippen LogP contribution is 2.08. The largest absolute Gasteiger partial charge is 0.320 e. The van der Waals surface area contributed by atoms with E-state index in [-0.39, 0.29) is 24.9 Å². The zero-order chi connectivity index (χ0) is 13.7. The van der Waals surface area contributed by atoms with E-state index in [2.05, 4.69) is 17.2 Å². The van der Waals surface area contributed by atoms with Crippen molar-refractivity contribution in [3.8, 4) is 11.8 Å². The first-order valence-corrected chi connectivity index (χ1v) is 6.00. The Hall–Kier alpha value is -2.16. The van der Waals surface area contributed by atoms with Crippen LogP contribution in [0.5, 0.6) is 0 Å². The number of nitrogens with zero attached hydrogens (tertiary/aromatic N) is 1. The molecule has 0 saturated carbocycles. The van der Waals surface area contributed by atoms with Gasteiger partial charge in [0.1, 0.15) is 0 Å². The highest BCUT2D eigenvalue weighted by atomic mass is 16.2. The van der Waals surface area contributed by atoms with Gasteiger partial charge in [0.2, 0.25) is 11.8 Å². The Morgan fingerprint density at radius 3 is 2.37 bits per heavy atom. The van der Waals surface area contributed by atoms with E-state index < -0.39 is 0 Å². The lowest BCUT2D eigenvalue weighted by Crippen LogP contribution is -2.50. The number of nitrogens with one attached hydrogen (secondary N) is 1. The number of nitrogens with two attached hydrogens (primary N) is 1. The van der Waals surface area contributed by atoms with E-state index in [0.717, 1.165) is 11.1 Å². The molecule has 5 nitrogen and oxygen atoms in total. The van der Waals surface area contributed by atoms with Gasteiger partial charge in [-0.25, -0.2) is 0 Å². The molecule has 5 heteroatoms. The first-order valence-electron chi connectivity index (χ1n) is 6.00. The Bertz CT molecular complexity index is 524. The Morgan fingerprint density at radius 1 is 1.16 bits per heavy atom. The molecule has 2 amide bonds. The molecule has 1 aromatic rings. The fraction of sp³-hybridized carbons (Fsp3) is 0.286. The molecule has 19 heavy (non-hydrogen) atoms. The van der Waals surface area contributed by atoms with Crippen molar-refractivity contribution in [3.63, 3.8) is 0 Å². The molecular formula is C14H15N3O2. The van der Waals surface area contributed by atoms with Crippen molar-refractivity contribution in [1.29, 1.82) is 0 Å². The van der Waals surface area contributed by atoms with Crippen molar-refractivity contribution in [2.75, 3.05) is 19.6 Å². The zero-order valence-electron chi connectivity index (χ0n) is 10.5. The molecule has 2 rings (SSSR count). The minimum Gasteiger partial charge on any atom is -0.320 e. The van der Waals surface area contributed by atoms with Crippen LogP contribution in [0, 0.1) is 11.8 Å². The van der Waals surface area contributed by atoms with Crippen molar-refractivity contribution >= 4 is 11.8 Å². The van der Waals surface area contributed by atoms with E-state index in [0.29, 0.717) is 13.1 Å². The smallest absolute Gasteiger partial charge is 0.240 e. The van der Waals surface area contributed by atoms with Gasteiger partial charge in [-0.1, -0.05) is 24.0 Å². The quantitative estimate of drug-likeness (QED) is 0.551. The molecule has 0 aliphatic carbocycles. The molecule has 1 aromatic carbocycles. The highest BCUT2D eigenvalue weighted by Gasteiger charge is 2.21. The second-order valence-corrected chi connectivity index (χ2v) is 4.32. The van der Waals surface area contributed by atoms with Crippen LogP contribution < -0.4 is 11.1 Å². The lowest BCUT2D eigenvalue weighted by molar-refractivity contribution is -0.136. The van der Waals surface area contributed by atoms with E-state index in [9.17, 15) is 9.59 Å². The summed E-state index contributed by atoms with van der Waals surface area (Å²) in [5.41, 5.74) is 7.25. The molecule has 0 radical (unpaired) electrons. The maximum Gasteiger partial charge on any atom is 0.240 e. The molecule has 0 atom stereocenters. The monoisotopic (exact) mass is 257 g/mol. The van der Waals surface area contributed by atoms with E-state index in [1.807, 2.05) is 29.2 Å². The molecule has 98 valence electrons. The topological polar surface area (TPSA) is 75.4 Å². The van der Waals surface area contributed by atoms with Crippen LogP contribution in [0.15, 0.2) is 24.3 Å². The molecule has 0 aromatic heterocycles. The maximum absolute atomic E-state index is 11.2. The zero-order valence-corrected chi connectivity index (χ0v) is 10.5. The summed E-state index contributed by atoms with van der Waals surface area (Å²) < 4.78 is 0. The summed E-state index contributed by atoms with van der Waals surface area (Å²) in [5, 5.41) is 2.28. The third kappa shape index (κ3) is 3.91. The first-order chi connectivity index (χ1) is 9.17. The average Bonchev–Trinajstić information content (AvgIpc) is 2.37. The normalized spacial score (nSPS) is 15.6. The van der Waals surface area contributed by atoms with Crippen LogP contribution in [0.1, 0.15) is 11.1 Å². The lowest BCUT2D eigenvalue weighted by Gasteiger charge is -2.25. The fourth-order valence-electron chi connectivity index (χ4n) is 1.91. The van der Waals surface area contributed by atoms with Crippen LogP contribution in [0.3, 0.4) is 0 Å². The predicted octanol–water partition coefficient (Wildman–Crippen LogP) is -0.545. The number of imide groups is 1. The molecule has 0 unspecified atom stereocenters. The van der Waals surface area contributed by atoms with Gasteiger partial charge in [0.15, 0.2) is 0 Å². The molecule has 1 heterocycles. The number of amides is 2. The minimum atomic E-state index is -0.248. The number of carbonyl (C=O) groups excluding carboxylic acids is 2. The van der Waals surface area contributed by atoms with Gasteiger partial charge in [0.25, 0.3) is 0 Å². The summed E-state index contributed by atoms with van der Waals surface area (Å²) in [6, 6.07) is 7.70. The van der Waals surface area contributed by atoms with Crippen molar-refractivity contribution in [2.24, 2.45) is 5.73 Å². The van der Waals surface area contributed by atoms with Crippen molar-refractivity contribution < 1.29 is 9.59 Å². The Labute approximate surface area is 111 Å². The van der Waals surface area contributed by atoms with Gasteiger partial charge in [-0.15, -0.1) is 0 Å². The van der Waals surface area contributed by atoms with Crippen LogP contribution in [0.25, 0.3) is 0 Å². The second-order valence-electron chi connectivity index (χ2n) is 4.32. The van der Waals surface area contributed by atoms with Gasteiger partial charge in [-0.2, -0.15) is 0 Å². The third-order valence-corrected chi connectivity index (χ3v) is 2.71. The Kier molecular flexibility index (Phi) is 4.29. The van der Waals surface area contributed by atoms with Gasteiger partial charge in [-0.05, 0) is 17.7 Å². The first kappa shape index (κ1) is 13.3. The number of hydrogen-bond acceptors (Lipinski definition) is 4.